The molecule has 116 valence electrons. The van der Waals surface area contributed by atoms with E-state index in [-0.39, 0.29) is 19.1 Å². The molecule has 1 aromatic carbocycles. The van der Waals surface area contributed by atoms with E-state index in [0.29, 0.717) is 10.2 Å². The Hall–Kier alpha value is -2.91. The van der Waals surface area contributed by atoms with Gasteiger partial charge in [-0.05, 0) is 17.7 Å². The molecule has 0 aliphatic carbocycles. The van der Waals surface area contributed by atoms with Gasteiger partial charge in [-0.1, -0.05) is 48.5 Å². The van der Waals surface area contributed by atoms with Crippen LogP contribution in [0.15, 0.2) is 48.7 Å². The first-order valence-electron chi connectivity index (χ1n) is 6.81. The molecule has 1 amide bonds. The first-order chi connectivity index (χ1) is 11.1. The Labute approximate surface area is 138 Å². The van der Waals surface area contributed by atoms with E-state index in [0.717, 1.165) is 5.56 Å². The molecule has 6 heteroatoms. The van der Waals surface area contributed by atoms with Crippen molar-refractivity contribution in [3.63, 3.8) is 0 Å². The van der Waals surface area contributed by atoms with Crippen molar-refractivity contribution in [3.05, 3.63) is 64.4 Å². The van der Waals surface area contributed by atoms with Crippen molar-refractivity contribution in [1.82, 2.24) is 10.3 Å². The van der Waals surface area contributed by atoms with Gasteiger partial charge in [-0.3, -0.25) is 4.79 Å². The van der Waals surface area contributed by atoms with Gasteiger partial charge < -0.3 is 15.0 Å². The molecule has 0 bridgehead atoms. The van der Waals surface area contributed by atoms with Crippen molar-refractivity contribution in [2.45, 2.75) is 6.61 Å². The summed E-state index contributed by atoms with van der Waals surface area (Å²) in [5.41, 5.74) is 1.32. The van der Waals surface area contributed by atoms with Crippen LogP contribution in [0, 0.1) is 16.5 Å². The number of aromatic nitrogens is 1. The molecule has 1 aromatic heterocycles. The van der Waals surface area contributed by atoms with E-state index in [1.165, 1.54) is 6.20 Å². The molecule has 2 N–H and O–H groups in total. The quantitative estimate of drug-likeness (QED) is 0.391. The Morgan fingerprint density at radius 1 is 1.17 bits per heavy atom. The van der Waals surface area contributed by atoms with Crippen LogP contribution in [0.4, 0.5) is 0 Å². The maximum atomic E-state index is 11.8. The lowest BCUT2D eigenvalue weighted by molar-refractivity contribution is -0.137. The summed E-state index contributed by atoms with van der Waals surface area (Å²) in [4.78, 5) is 26.0. The van der Waals surface area contributed by atoms with Gasteiger partial charge in [0, 0.05) is 12.1 Å². The van der Waals surface area contributed by atoms with Crippen molar-refractivity contribution >= 4 is 24.1 Å². The number of aromatic amines is 1. The average molecular weight is 326 g/mol. The van der Waals surface area contributed by atoms with Crippen molar-refractivity contribution in [3.8, 4) is 11.8 Å². The minimum Gasteiger partial charge on any atom is -0.451 e. The third-order valence-corrected chi connectivity index (χ3v) is 3.04. The summed E-state index contributed by atoms with van der Waals surface area (Å²) in [7, 11) is 0. The van der Waals surface area contributed by atoms with E-state index in [1.54, 1.807) is 12.1 Å². The highest BCUT2D eigenvalue weighted by Gasteiger charge is 2.03. The molecule has 0 aliphatic heterocycles. The summed E-state index contributed by atoms with van der Waals surface area (Å²) >= 11 is 4.89. The molecule has 0 saturated heterocycles. The van der Waals surface area contributed by atoms with Gasteiger partial charge in [0.1, 0.15) is 11.2 Å². The van der Waals surface area contributed by atoms with Gasteiger partial charge in [-0.15, -0.1) is 0 Å². The fourth-order valence-electron chi connectivity index (χ4n) is 1.65. The summed E-state index contributed by atoms with van der Waals surface area (Å²) in [6, 6.07) is 12.5. The molecule has 0 radical (unpaired) electrons. The molecular weight excluding hydrogens is 312 g/mol. The number of nitrogens with one attached hydrogen (secondary N) is 2. The Morgan fingerprint density at radius 3 is 2.65 bits per heavy atom. The van der Waals surface area contributed by atoms with Crippen molar-refractivity contribution < 1.29 is 14.3 Å². The number of benzene rings is 1. The monoisotopic (exact) mass is 326 g/mol. The number of amides is 1. The zero-order valence-electron chi connectivity index (χ0n) is 12.2. The Morgan fingerprint density at radius 2 is 1.96 bits per heavy atom. The van der Waals surface area contributed by atoms with E-state index >= 15 is 0 Å². The van der Waals surface area contributed by atoms with Crippen LogP contribution in [0.3, 0.4) is 0 Å². The smallest absolute Gasteiger partial charge is 0.384 e. The second kappa shape index (κ2) is 8.51. The normalized spacial score (nSPS) is 9.39. The number of ether oxygens (including phenoxy) is 1. The summed E-state index contributed by atoms with van der Waals surface area (Å²) in [6.07, 6.45) is 1.51. The standard InChI is InChI=1S/C17H14N2O3S/c20-16(22-12-13-5-2-1-3-6-13)7-4-10-18-17(21)14-8-9-15(23)19-11-14/h1-3,5-6,8-9,11H,10,12H2,(H,18,21)(H,19,23). The average Bonchev–Trinajstić information content (AvgIpc) is 2.58. The molecular formula is C17H14N2O3S. The number of carbonyl (C=O) groups excluding carboxylic acids is 2. The maximum absolute atomic E-state index is 11.8. The zero-order valence-corrected chi connectivity index (χ0v) is 13.0. The SMILES string of the molecule is O=C(C#CCNC(=O)c1ccc(=S)[nH]c1)OCc1ccccc1. The summed E-state index contributed by atoms with van der Waals surface area (Å²) in [5, 5.41) is 2.57. The molecule has 1 heterocycles. The highest BCUT2D eigenvalue weighted by Crippen LogP contribution is 2.00. The topological polar surface area (TPSA) is 71.2 Å². The van der Waals surface area contributed by atoms with Gasteiger partial charge in [0.25, 0.3) is 5.91 Å². The van der Waals surface area contributed by atoms with Crippen molar-refractivity contribution in [2.75, 3.05) is 6.54 Å². The lowest BCUT2D eigenvalue weighted by atomic mass is 10.2. The van der Waals surface area contributed by atoms with E-state index in [2.05, 4.69) is 22.1 Å². The largest absolute Gasteiger partial charge is 0.451 e. The van der Waals surface area contributed by atoms with Crippen LogP contribution in [0.2, 0.25) is 0 Å². The number of hydrogen-bond donors (Lipinski definition) is 2. The molecule has 0 unspecified atom stereocenters. The van der Waals surface area contributed by atoms with Gasteiger partial charge >= 0.3 is 5.97 Å². The number of pyridine rings is 1. The van der Waals surface area contributed by atoms with Crippen molar-refractivity contribution in [1.29, 1.82) is 0 Å². The highest BCUT2D eigenvalue weighted by atomic mass is 32.1. The molecule has 0 saturated carbocycles. The van der Waals surface area contributed by atoms with Gasteiger partial charge in [0.2, 0.25) is 0 Å². The summed E-state index contributed by atoms with van der Waals surface area (Å²) in [6.45, 7) is 0.221. The second-order valence-electron chi connectivity index (χ2n) is 4.49. The van der Waals surface area contributed by atoms with E-state index in [4.69, 9.17) is 17.0 Å². The van der Waals surface area contributed by atoms with E-state index in [9.17, 15) is 9.59 Å². The number of hydrogen-bond acceptors (Lipinski definition) is 4. The Balaban J connectivity index is 1.74. The number of carbonyl (C=O) groups is 2. The van der Waals surface area contributed by atoms with Crippen LogP contribution in [0.25, 0.3) is 0 Å². The molecule has 23 heavy (non-hydrogen) atoms. The summed E-state index contributed by atoms with van der Waals surface area (Å²) in [5.74, 6) is 3.93. The maximum Gasteiger partial charge on any atom is 0.384 e. The second-order valence-corrected chi connectivity index (χ2v) is 4.93. The number of H-pyrrole nitrogens is 1. The molecule has 5 nitrogen and oxygen atoms in total. The first-order valence-corrected chi connectivity index (χ1v) is 7.22. The fraction of sp³-hybridized carbons (Fsp3) is 0.118. The van der Waals surface area contributed by atoms with Crippen LogP contribution in [0.5, 0.6) is 0 Å². The molecule has 0 aliphatic rings. The first kappa shape index (κ1) is 16.5. The van der Waals surface area contributed by atoms with Crippen LogP contribution in [-0.2, 0) is 16.1 Å². The zero-order chi connectivity index (χ0) is 16.5. The predicted octanol–water partition coefficient (Wildman–Crippen LogP) is 2.22. The molecule has 2 aromatic rings. The third-order valence-electron chi connectivity index (χ3n) is 2.79. The third kappa shape index (κ3) is 5.77. The molecule has 0 spiro atoms. The highest BCUT2D eigenvalue weighted by molar-refractivity contribution is 7.71. The predicted molar refractivity (Wildman–Crippen MR) is 88.0 cm³/mol. The van der Waals surface area contributed by atoms with Crippen LogP contribution < -0.4 is 5.32 Å². The summed E-state index contributed by atoms with van der Waals surface area (Å²) < 4.78 is 5.54. The van der Waals surface area contributed by atoms with Gasteiger partial charge in [-0.2, -0.15) is 0 Å². The van der Waals surface area contributed by atoms with Gasteiger partial charge in [0.15, 0.2) is 0 Å². The van der Waals surface area contributed by atoms with Gasteiger partial charge in [-0.25, -0.2) is 4.79 Å². The molecule has 2 rings (SSSR count). The van der Waals surface area contributed by atoms with E-state index < -0.39 is 5.97 Å². The lowest BCUT2D eigenvalue weighted by Crippen LogP contribution is -2.23. The van der Waals surface area contributed by atoms with Crippen LogP contribution >= 0.6 is 12.2 Å². The van der Waals surface area contributed by atoms with Crippen LogP contribution in [0.1, 0.15) is 15.9 Å². The minimum atomic E-state index is -0.633. The Bertz CT molecular complexity index is 783. The Kier molecular flexibility index (Phi) is 6.09. The molecule has 0 atom stereocenters. The number of esters is 1. The van der Waals surface area contributed by atoms with Crippen LogP contribution in [-0.4, -0.2) is 23.4 Å². The minimum absolute atomic E-state index is 0.0505. The lowest BCUT2D eigenvalue weighted by Gasteiger charge is -2.01. The fourth-order valence-corrected chi connectivity index (χ4v) is 1.78. The molecule has 0 fully saturated rings. The number of rotatable bonds is 4. The van der Waals surface area contributed by atoms with E-state index in [1.807, 2.05) is 30.3 Å². The van der Waals surface area contributed by atoms with Gasteiger partial charge in [0.05, 0.1) is 12.1 Å². The van der Waals surface area contributed by atoms with Crippen molar-refractivity contribution in [2.24, 2.45) is 0 Å².